The molecule has 2 aromatic carbocycles. The number of benzene rings is 2. The first kappa shape index (κ1) is 21.0. The van der Waals surface area contributed by atoms with E-state index in [1.807, 2.05) is 0 Å². The van der Waals surface area contributed by atoms with Crippen LogP contribution in [-0.4, -0.2) is 34.9 Å². The van der Waals surface area contributed by atoms with Gasteiger partial charge in [-0.15, -0.1) is 13.2 Å². The van der Waals surface area contributed by atoms with Crippen molar-refractivity contribution >= 4 is 22.5 Å². The Labute approximate surface area is 177 Å². The lowest BCUT2D eigenvalue weighted by molar-refractivity contribution is -0.211. The third-order valence-corrected chi connectivity index (χ3v) is 5.58. The smallest absolute Gasteiger partial charge is 0.497 e. The molecule has 1 saturated carbocycles. The lowest BCUT2D eigenvalue weighted by atomic mass is 9.90. The van der Waals surface area contributed by atoms with Crippen molar-refractivity contribution in [1.29, 1.82) is 0 Å². The van der Waals surface area contributed by atoms with Gasteiger partial charge in [-0.05, 0) is 62.1 Å². The zero-order chi connectivity index (χ0) is 22.0. The van der Waals surface area contributed by atoms with Gasteiger partial charge in [-0.25, -0.2) is 0 Å². The van der Waals surface area contributed by atoms with Gasteiger partial charge in [0, 0.05) is 34.9 Å². The summed E-state index contributed by atoms with van der Waals surface area (Å²) in [5, 5.41) is 10.5. The molecule has 6 nitrogen and oxygen atoms in total. The van der Waals surface area contributed by atoms with Crippen LogP contribution in [0.5, 0.6) is 5.75 Å². The second kappa shape index (κ2) is 8.49. The summed E-state index contributed by atoms with van der Waals surface area (Å²) in [4.78, 5) is 12.4. The number of methoxy groups -OCH3 is 1. The number of hydrogen-bond acceptors (Lipinski definition) is 4. The summed E-state index contributed by atoms with van der Waals surface area (Å²) in [6.07, 6.45) is -0.349. The summed E-state index contributed by atoms with van der Waals surface area (Å²) in [5.41, 5.74) is 1.51. The van der Waals surface area contributed by atoms with Gasteiger partial charge in [0.05, 0.1) is 12.6 Å². The molecule has 1 amide bonds. The molecule has 1 aliphatic carbocycles. The number of anilines is 1. The molecule has 1 aliphatic rings. The summed E-state index contributed by atoms with van der Waals surface area (Å²) >= 11 is 0. The number of nitrogens with zero attached hydrogens (tertiary/aromatic N) is 2. The van der Waals surface area contributed by atoms with Crippen molar-refractivity contribution in [2.24, 2.45) is 0 Å². The Morgan fingerprint density at radius 2 is 1.74 bits per heavy atom. The highest BCUT2D eigenvalue weighted by Gasteiger charge is 2.32. The van der Waals surface area contributed by atoms with Crippen molar-refractivity contribution in [2.45, 2.75) is 44.1 Å². The maximum atomic E-state index is 13.0. The topological polar surface area (TPSA) is 68.2 Å². The lowest BCUT2D eigenvalue weighted by Gasteiger charge is -2.30. The first-order valence-corrected chi connectivity index (χ1v) is 10.1. The number of halogens is 3. The molecule has 4 rings (SSSR count). The quantitative estimate of drug-likeness (QED) is 0.615. The summed E-state index contributed by atoms with van der Waals surface area (Å²) in [6.45, 7) is 0. The monoisotopic (exact) mass is 432 g/mol. The number of carbonyl (C=O) groups is 1. The van der Waals surface area contributed by atoms with Crippen LogP contribution >= 0.6 is 0 Å². The first-order chi connectivity index (χ1) is 14.8. The maximum absolute atomic E-state index is 13.0. The molecule has 1 aromatic heterocycles. The van der Waals surface area contributed by atoms with Crippen molar-refractivity contribution in [3.05, 3.63) is 54.2 Å². The first-order valence-electron chi connectivity index (χ1n) is 10.1. The van der Waals surface area contributed by atoms with E-state index >= 15 is 0 Å². The molecule has 0 saturated heterocycles. The van der Waals surface area contributed by atoms with Crippen LogP contribution in [0.2, 0.25) is 0 Å². The number of aromatic nitrogens is 2. The molecule has 1 fully saturated rings. The van der Waals surface area contributed by atoms with E-state index in [0.29, 0.717) is 27.9 Å². The summed E-state index contributed by atoms with van der Waals surface area (Å²) in [7, 11) is 1.57. The van der Waals surface area contributed by atoms with Crippen LogP contribution < -0.4 is 15.4 Å². The average molecular weight is 432 g/mol. The third-order valence-electron chi connectivity index (χ3n) is 5.58. The van der Waals surface area contributed by atoms with E-state index in [4.69, 9.17) is 4.74 Å². The van der Waals surface area contributed by atoms with Crippen molar-refractivity contribution in [1.82, 2.24) is 15.1 Å². The predicted octanol–water partition coefficient (Wildman–Crippen LogP) is 4.67. The van der Waals surface area contributed by atoms with Gasteiger partial charge in [0.25, 0.3) is 5.91 Å². The average Bonchev–Trinajstić information content (AvgIpc) is 3.21. The van der Waals surface area contributed by atoms with Crippen LogP contribution in [0.15, 0.2) is 48.7 Å². The second-order valence-electron chi connectivity index (χ2n) is 7.67. The van der Waals surface area contributed by atoms with E-state index in [0.717, 1.165) is 31.9 Å². The zero-order valence-electron chi connectivity index (χ0n) is 16.9. The Bertz CT molecular complexity index is 1050. The summed E-state index contributed by atoms with van der Waals surface area (Å²) < 4.78 is 44.0. The van der Waals surface area contributed by atoms with Gasteiger partial charge in [0.2, 0.25) is 0 Å². The normalized spacial score (nSPS) is 19.2. The van der Waals surface area contributed by atoms with Crippen LogP contribution in [0.25, 0.3) is 10.9 Å². The van der Waals surface area contributed by atoms with Crippen LogP contribution in [0, 0.1) is 0 Å². The zero-order valence-corrected chi connectivity index (χ0v) is 16.9. The fraction of sp³-hybridized carbons (Fsp3) is 0.364. The van der Waals surface area contributed by atoms with Gasteiger partial charge in [-0.3, -0.25) is 4.79 Å². The number of hydrogen-bond donors (Lipinski definition) is 2. The number of ether oxygens (including phenoxy) is 1. The molecule has 0 bridgehead atoms. The van der Waals surface area contributed by atoms with E-state index in [1.54, 1.807) is 49.6 Å². The van der Waals surface area contributed by atoms with Gasteiger partial charge in [0.15, 0.2) is 0 Å². The van der Waals surface area contributed by atoms with Crippen molar-refractivity contribution in [3.8, 4) is 5.75 Å². The molecule has 9 heteroatoms. The number of fused-ring (bicyclic) bond motifs is 1. The van der Waals surface area contributed by atoms with Crippen molar-refractivity contribution < 1.29 is 22.7 Å². The highest BCUT2D eigenvalue weighted by Crippen LogP contribution is 2.30. The molecule has 164 valence electrons. The minimum Gasteiger partial charge on any atom is -0.497 e. The van der Waals surface area contributed by atoms with Crippen LogP contribution in [0.4, 0.5) is 18.9 Å². The number of alkyl halides is 3. The highest BCUT2D eigenvalue weighted by molar-refractivity contribution is 5.94. The largest absolute Gasteiger partial charge is 0.504 e. The Kier molecular flexibility index (Phi) is 5.75. The van der Waals surface area contributed by atoms with Crippen LogP contribution in [-0.2, 0) is 6.30 Å². The summed E-state index contributed by atoms with van der Waals surface area (Å²) in [6, 6.07) is 12.2. The molecule has 3 aromatic rings. The Morgan fingerprint density at radius 3 is 2.39 bits per heavy atom. The minimum absolute atomic E-state index is 0.0362. The number of amides is 1. The minimum atomic E-state index is -4.55. The lowest BCUT2D eigenvalue weighted by Crippen LogP contribution is -2.40. The maximum Gasteiger partial charge on any atom is 0.504 e. The molecule has 0 aliphatic heterocycles. The van der Waals surface area contributed by atoms with Crippen LogP contribution in [0.1, 0.15) is 36.0 Å². The fourth-order valence-corrected chi connectivity index (χ4v) is 3.91. The number of rotatable bonds is 5. The SMILES string of the molecule is COc1ccc(C(=O)NC2CCC(Nc3cccc4nn(C(F)(F)F)cc34)CC2)cc1. The van der Waals surface area contributed by atoms with Crippen LogP contribution in [0.3, 0.4) is 0 Å². The highest BCUT2D eigenvalue weighted by atomic mass is 19.4. The van der Waals surface area contributed by atoms with E-state index in [9.17, 15) is 18.0 Å². The fourth-order valence-electron chi connectivity index (χ4n) is 3.91. The molecule has 31 heavy (non-hydrogen) atoms. The van der Waals surface area contributed by atoms with Crippen molar-refractivity contribution in [3.63, 3.8) is 0 Å². The van der Waals surface area contributed by atoms with Gasteiger partial charge in [-0.2, -0.15) is 9.78 Å². The Morgan fingerprint density at radius 1 is 1.06 bits per heavy atom. The Hall–Kier alpha value is -3.23. The molecular weight excluding hydrogens is 409 g/mol. The third kappa shape index (κ3) is 4.76. The molecule has 1 heterocycles. The summed E-state index contributed by atoms with van der Waals surface area (Å²) in [5.74, 6) is 0.572. The standard InChI is InChI=1S/C22H23F3N4O2/c1-31-17-11-5-14(6-12-17)21(30)27-16-9-7-15(8-10-16)26-19-3-2-4-20-18(19)13-29(28-20)22(23,24)25/h2-6,11-13,15-16,26H,7-10H2,1H3,(H,27,30). The van der Waals surface area contributed by atoms with E-state index < -0.39 is 6.30 Å². The van der Waals surface area contributed by atoms with Gasteiger partial charge in [-0.1, -0.05) is 6.07 Å². The molecule has 0 spiro atoms. The molecule has 2 N–H and O–H groups in total. The predicted molar refractivity (Wildman–Crippen MR) is 111 cm³/mol. The van der Waals surface area contributed by atoms with Gasteiger partial charge in [0.1, 0.15) is 5.75 Å². The van der Waals surface area contributed by atoms with Gasteiger partial charge < -0.3 is 15.4 Å². The molecular formula is C22H23F3N4O2. The molecule has 0 radical (unpaired) electrons. The van der Waals surface area contributed by atoms with Crippen molar-refractivity contribution in [2.75, 3.05) is 12.4 Å². The van der Waals surface area contributed by atoms with E-state index in [-0.39, 0.29) is 22.7 Å². The molecule has 0 unspecified atom stereocenters. The van der Waals surface area contributed by atoms with Gasteiger partial charge >= 0.3 is 6.30 Å². The van der Waals surface area contributed by atoms with E-state index in [1.165, 1.54) is 0 Å². The molecule has 0 atom stereocenters. The number of carbonyl (C=O) groups excluding carboxylic acids is 1. The van der Waals surface area contributed by atoms with E-state index in [2.05, 4.69) is 15.7 Å². The Balaban J connectivity index is 1.35. The second-order valence-corrected chi connectivity index (χ2v) is 7.67. The number of nitrogens with one attached hydrogen (secondary N) is 2.